The molecule has 2 aromatic heterocycles. The molecule has 6 heteroatoms. The molecule has 0 atom stereocenters. The summed E-state index contributed by atoms with van der Waals surface area (Å²) in [5, 5.41) is 5.83. The van der Waals surface area contributed by atoms with Crippen molar-refractivity contribution in [1.29, 1.82) is 0 Å². The van der Waals surface area contributed by atoms with E-state index >= 15 is 0 Å². The zero-order valence-electron chi connectivity index (χ0n) is 9.92. The molecule has 0 bridgehead atoms. The number of nitrogens with one attached hydrogen (secondary N) is 1. The van der Waals surface area contributed by atoms with Crippen LogP contribution >= 0.6 is 11.3 Å². The Kier molecular flexibility index (Phi) is 4.25. The van der Waals surface area contributed by atoms with Gasteiger partial charge in [0.05, 0.1) is 19.2 Å². The number of anilines is 1. The van der Waals surface area contributed by atoms with Gasteiger partial charge >= 0.3 is 5.97 Å². The van der Waals surface area contributed by atoms with E-state index in [9.17, 15) is 4.79 Å². The van der Waals surface area contributed by atoms with Gasteiger partial charge in [-0.25, -0.2) is 4.98 Å². The van der Waals surface area contributed by atoms with E-state index < -0.39 is 0 Å². The topological polar surface area (TPSA) is 64.1 Å². The number of methoxy groups -OCH3 is 1. The Morgan fingerprint density at radius 3 is 3.17 bits per heavy atom. The summed E-state index contributed by atoms with van der Waals surface area (Å²) in [7, 11) is 1.37. The molecule has 18 heavy (non-hydrogen) atoms. The number of hydrogen-bond acceptors (Lipinski definition) is 6. The molecule has 0 radical (unpaired) electrons. The minimum atomic E-state index is -0.279. The predicted molar refractivity (Wildman–Crippen MR) is 69.4 cm³/mol. The largest absolute Gasteiger partial charge is 0.469 e. The van der Waals surface area contributed by atoms with E-state index in [1.807, 2.05) is 17.5 Å². The third kappa shape index (κ3) is 3.53. The number of carbonyl (C=O) groups excluding carboxylic acids is 1. The standard InChI is InChI=1S/C12H13N3O2S/c1-17-11(16)5-10-8-18-12(15-10)14-7-9-3-2-4-13-6-9/h2-4,6,8H,5,7H2,1H3,(H,14,15). The Bertz CT molecular complexity index is 513. The van der Waals surface area contributed by atoms with Crippen molar-refractivity contribution < 1.29 is 9.53 Å². The van der Waals surface area contributed by atoms with Gasteiger partial charge in [0.1, 0.15) is 0 Å². The fourth-order valence-corrected chi connectivity index (χ4v) is 2.08. The van der Waals surface area contributed by atoms with Gasteiger partial charge in [-0.05, 0) is 11.6 Å². The molecule has 0 aliphatic rings. The molecule has 1 N–H and O–H groups in total. The van der Waals surface area contributed by atoms with Crippen LogP contribution in [0.3, 0.4) is 0 Å². The van der Waals surface area contributed by atoms with Crippen molar-refractivity contribution in [2.45, 2.75) is 13.0 Å². The number of ether oxygens (including phenoxy) is 1. The summed E-state index contributed by atoms with van der Waals surface area (Å²) in [6.07, 6.45) is 3.75. The molecular formula is C12H13N3O2S. The number of rotatable bonds is 5. The third-order valence-corrected chi connectivity index (χ3v) is 3.12. The van der Waals surface area contributed by atoms with Crippen LogP contribution in [0.25, 0.3) is 0 Å². The second-order valence-electron chi connectivity index (χ2n) is 3.61. The first-order chi connectivity index (χ1) is 8.78. The average molecular weight is 263 g/mol. The van der Waals surface area contributed by atoms with Crippen LogP contribution in [0.15, 0.2) is 29.9 Å². The summed E-state index contributed by atoms with van der Waals surface area (Å²) in [6, 6.07) is 3.88. The van der Waals surface area contributed by atoms with Gasteiger partial charge in [0.15, 0.2) is 5.13 Å². The zero-order chi connectivity index (χ0) is 12.8. The van der Waals surface area contributed by atoms with Crippen molar-refractivity contribution in [2.75, 3.05) is 12.4 Å². The molecule has 2 heterocycles. The van der Waals surface area contributed by atoms with Crippen LogP contribution in [0.5, 0.6) is 0 Å². The molecule has 0 aromatic carbocycles. The van der Waals surface area contributed by atoms with Gasteiger partial charge in [-0.15, -0.1) is 11.3 Å². The Morgan fingerprint density at radius 1 is 1.56 bits per heavy atom. The number of thiazole rings is 1. The summed E-state index contributed by atoms with van der Waals surface area (Å²) in [5.41, 5.74) is 1.81. The number of hydrogen-bond donors (Lipinski definition) is 1. The molecule has 0 aliphatic carbocycles. The molecule has 5 nitrogen and oxygen atoms in total. The lowest BCUT2D eigenvalue weighted by molar-refractivity contribution is -0.139. The van der Waals surface area contributed by atoms with Crippen LogP contribution in [0.2, 0.25) is 0 Å². The van der Waals surface area contributed by atoms with E-state index in [1.54, 1.807) is 12.4 Å². The van der Waals surface area contributed by atoms with Gasteiger partial charge in [0, 0.05) is 24.3 Å². The van der Waals surface area contributed by atoms with Crippen molar-refractivity contribution in [3.63, 3.8) is 0 Å². The summed E-state index contributed by atoms with van der Waals surface area (Å²) < 4.78 is 4.59. The summed E-state index contributed by atoms with van der Waals surface area (Å²) in [4.78, 5) is 19.4. The molecule has 2 rings (SSSR count). The first-order valence-electron chi connectivity index (χ1n) is 5.42. The molecule has 0 unspecified atom stereocenters. The quantitative estimate of drug-likeness (QED) is 0.834. The lowest BCUT2D eigenvalue weighted by Crippen LogP contribution is -2.05. The van der Waals surface area contributed by atoms with Gasteiger partial charge < -0.3 is 10.1 Å². The summed E-state index contributed by atoms with van der Waals surface area (Å²) >= 11 is 1.47. The number of carbonyl (C=O) groups is 1. The molecule has 0 saturated heterocycles. The Labute approximate surface area is 109 Å². The highest BCUT2D eigenvalue weighted by molar-refractivity contribution is 7.13. The van der Waals surface area contributed by atoms with Gasteiger partial charge in [0.25, 0.3) is 0 Å². The molecule has 94 valence electrons. The molecule has 0 aliphatic heterocycles. The van der Waals surface area contributed by atoms with Gasteiger partial charge in [-0.1, -0.05) is 6.07 Å². The first-order valence-corrected chi connectivity index (χ1v) is 6.30. The summed E-state index contributed by atoms with van der Waals surface area (Å²) in [6.45, 7) is 0.666. The van der Waals surface area contributed by atoms with E-state index in [0.29, 0.717) is 6.54 Å². The summed E-state index contributed by atoms with van der Waals surface area (Å²) in [5.74, 6) is -0.279. The molecule has 2 aromatic rings. The van der Waals surface area contributed by atoms with Crippen LogP contribution in [0.4, 0.5) is 5.13 Å². The average Bonchev–Trinajstić information content (AvgIpc) is 2.85. The van der Waals surface area contributed by atoms with Crippen molar-refractivity contribution >= 4 is 22.4 Å². The maximum absolute atomic E-state index is 11.1. The first kappa shape index (κ1) is 12.5. The minimum Gasteiger partial charge on any atom is -0.469 e. The van der Waals surface area contributed by atoms with Gasteiger partial charge in [0.2, 0.25) is 0 Å². The van der Waals surface area contributed by atoms with Crippen LogP contribution in [-0.2, 0) is 22.5 Å². The Hall–Kier alpha value is -1.95. The molecule has 0 fully saturated rings. The number of aromatic nitrogens is 2. The van der Waals surface area contributed by atoms with Crippen LogP contribution in [0.1, 0.15) is 11.3 Å². The highest BCUT2D eigenvalue weighted by Gasteiger charge is 2.07. The van der Waals surface area contributed by atoms with Crippen LogP contribution in [0, 0.1) is 0 Å². The van der Waals surface area contributed by atoms with Crippen molar-refractivity contribution in [1.82, 2.24) is 9.97 Å². The maximum atomic E-state index is 11.1. The normalized spacial score (nSPS) is 10.1. The lowest BCUT2D eigenvalue weighted by Gasteiger charge is -2.01. The molecule has 0 spiro atoms. The van der Waals surface area contributed by atoms with Crippen molar-refractivity contribution in [3.8, 4) is 0 Å². The third-order valence-electron chi connectivity index (χ3n) is 2.27. The van der Waals surface area contributed by atoms with E-state index in [-0.39, 0.29) is 12.4 Å². The predicted octanol–water partition coefficient (Wildman–Crippen LogP) is 1.87. The number of pyridine rings is 1. The van der Waals surface area contributed by atoms with Crippen LogP contribution < -0.4 is 5.32 Å². The fourth-order valence-electron chi connectivity index (χ4n) is 1.37. The van der Waals surface area contributed by atoms with E-state index in [1.165, 1.54) is 18.4 Å². The number of esters is 1. The zero-order valence-corrected chi connectivity index (χ0v) is 10.7. The lowest BCUT2D eigenvalue weighted by atomic mass is 10.3. The maximum Gasteiger partial charge on any atom is 0.311 e. The Balaban J connectivity index is 1.89. The van der Waals surface area contributed by atoms with Crippen LogP contribution in [-0.4, -0.2) is 23.0 Å². The second-order valence-corrected chi connectivity index (χ2v) is 4.47. The highest BCUT2D eigenvalue weighted by atomic mass is 32.1. The molecule has 0 saturated carbocycles. The van der Waals surface area contributed by atoms with E-state index in [4.69, 9.17) is 0 Å². The smallest absolute Gasteiger partial charge is 0.311 e. The van der Waals surface area contributed by atoms with E-state index in [0.717, 1.165) is 16.4 Å². The highest BCUT2D eigenvalue weighted by Crippen LogP contribution is 2.16. The SMILES string of the molecule is COC(=O)Cc1csc(NCc2cccnc2)n1. The second kappa shape index (κ2) is 6.11. The van der Waals surface area contributed by atoms with Crippen molar-refractivity contribution in [2.24, 2.45) is 0 Å². The monoisotopic (exact) mass is 263 g/mol. The molecule has 0 amide bonds. The van der Waals surface area contributed by atoms with Gasteiger partial charge in [-0.2, -0.15) is 0 Å². The van der Waals surface area contributed by atoms with Gasteiger partial charge in [-0.3, -0.25) is 9.78 Å². The fraction of sp³-hybridized carbons (Fsp3) is 0.250. The Morgan fingerprint density at radius 2 is 2.44 bits per heavy atom. The molecular weight excluding hydrogens is 250 g/mol. The van der Waals surface area contributed by atoms with Crippen molar-refractivity contribution in [3.05, 3.63) is 41.2 Å². The van der Waals surface area contributed by atoms with E-state index in [2.05, 4.69) is 20.0 Å². The minimum absolute atomic E-state index is 0.210. The number of nitrogens with zero attached hydrogens (tertiary/aromatic N) is 2.